The van der Waals surface area contributed by atoms with Gasteiger partial charge in [0.2, 0.25) is 11.8 Å². The number of carbonyl (C=O) groups is 2. The second-order valence-corrected chi connectivity index (χ2v) is 6.30. The molecular formula is C15H25ClF3N3O2. The van der Waals surface area contributed by atoms with Gasteiger partial charge >= 0.3 is 6.18 Å². The van der Waals surface area contributed by atoms with Crippen LogP contribution in [-0.4, -0.2) is 66.6 Å². The molecule has 2 rings (SSSR count). The van der Waals surface area contributed by atoms with Crippen molar-refractivity contribution < 1.29 is 22.8 Å². The summed E-state index contributed by atoms with van der Waals surface area (Å²) in [5.41, 5.74) is 0. The molecule has 1 atom stereocenters. The van der Waals surface area contributed by atoms with Crippen LogP contribution >= 0.6 is 12.4 Å². The van der Waals surface area contributed by atoms with Crippen LogP contribution in [0.15, 0.2) is 0 Å². The van der Waals surface area contributed by atoms with Gasteiger partial charge in [0.1, 0.15) is 6.54 Å². The van der Waals surface area contributed by atoms with E-state index in [0.717, 1.165) is 37.3 Å². The molecule has 2 amide bonds. The first kappa shape index (κ1) is 21.0. The predicted octanol–water partition coefficient (Wildman–Crippen LogP) is 1.81. The molecule has 9 heteroatoms. The lowest BCUT2D eigenvalue weighted by molar-refractivity contribution is -0.157. The number of halogens is 4. The lowest BCUT2D eigenvalue weighted by atomic mass is 10.0. The van der Waals surface area contributed by atoms with E-state index in [2.05, 4.69) is 5.32 Å². The number of piperidine rings is 1. The predicted molar refractivity (Wildman–Crippen MR) is 85.9 cm³/mol. The van der Waals surface area contributed by atoms with Crippen LogP contribution in [0, 0.1) is 5.92 Å². The Morgan fingerprint density at radius 3 is 2.50 bits per heavy atom. The largest absolute Gasteiger partial charge is 0.406 e. The van der Waals surface area contributed by atoms with Crippen LogP contribution in [0.4, 0.5) is 13.2 Å². The number of amides is 2. The van der Waals surface area contributed by atoms with Gasteiger partial charge in [0, 0.05) is 25.6 Å². The van der Waals surface area contributed by atoms with Crippen LogP contribution in [0.1, 0.15) is 32.6 Å². The van der Waals surface area contributed by atoms with Gasteiger partial charge in [-0.25, -0.2) is 0 Å². The molecule has 2 fully saturated rings. The Kier molecular flexibility index (Phi) is 7.79. The summed E-state index contributed by atoms with van der Waals surface area (Å²) in [5.74, 6) is -1.40. The van der Waals surface area contributed by atoms with E-state index in [1.165, 1.54) is 0 Å². The Morgan fingerprint density at radius 2 is 1.96 bits per heavy atom. The van der Waals surface area contributed by atoms with Gasteiger partial charge in [-0.1, -0.05) is 6.92 Å². The molecular weight excluding hydrogens is 347 g/mol. The molecule has 5 nitrogen and oxygen atoms in total. The molecule has 1 N–H and O–H groups in total. The molecule has 24 heavy (non-hydrogen) atoms. The highest BCUT2D eigenvalue weighted by atomic mass is 35.5. The smallest absolute Gasteiger partial charge is 0.339 e. The van der Waals surface area contributed by atoms with Crippen molar-refractivity contribution in [3.63, 3.8) is 0 Å². The van der Waals surface area contributed by atoms with Crippen molar-refractivity contribution in [1.29, 1.82) is 0 Å². The van der Waals surface area contributed by atoms with Crippen LogP contribution in [0.3, 0.4) is 0 Å². The van der Waals surface area contributed by atoms with Crippen molar-refractivity contribution in [2.45, 2.75) is 44.8 Å². The summed E-state index contributed by atoms with van der Waals surface area (Å²) in [5, 5.41) is 3.23. The number of carbonyl (C=O) groups excluding carboxylic acids is 2. The fourth-order valence-corrected chi connectivity index (χ4v) is 3.37. The third kappa shape index (κ3) is 5.51. The third-order valence-electron chi connectivity index (χ3n) is 4.43. The molecule has 1 unspecified atom stereocenters. The van der Waals surface area contributed by atoms with E-state index in [9.17, 15) is 22.8 Å². The number of nitrogens with zero attached hydrogens (tertiary/aromatic N) is 2. The van der Waals surface area contributed by atoms with Crippen LogP contribution < -0.4 is 5.32 Å². The minimum absolute atomic E-state index is 0. The second kappa shape index (κ2) is 8.89. The Morgan fingerprint density at radius 1 is 1.33 bits per heavy atom. The van der Waals surface area contributed by atoms with Crippen LogP contribution in [0.25, 0.3) is 0 Å². The maximum atomic E-state index is 12.7. The van der Waals surface area contributed by atoms with Gasteiger partial charge in [-0.15, -0.1) is 12.4 Å². The van der Waals surface area contributed by atoms with Crippen LogP contribution in [-0.2, 0) is 9.59 Å². The van der Waals surface area contributed by atoms with Gasteiger partial charge in [0.15, 0.2) is 0 Å². The van der Waals surface area contributed by atoms with E-state index in [4.69, 9.17) is 0 Å². The Labute approximate surface area is 146 Å². The van der Waals surface area contributed by atoms with Crippen molar-refractivity contribution >= 4 is 24.2 Å². The van der Waals surface area contributed by atoms with Gasteiger partial charge in [-0.3, -0.25) is 9.59 Å². The topological polar surface area (TPSA) is 52.7 Å². The van der Waals surface area contributed by atoms with E-state index in [0.29, 0.717) is 6.54 Å². The summed E-state index contributed by atoms with van der Waals surface area (Å²) in [4.78, 5) is 27.1. The molecule has 0 aromatic heterocycles. The minimum Gasteiger partial charge on any atom is -0.339 e. The molecule has 2 saturated heterocycles. The molecule has 0 aromatic carbocycles. The number of rotatable bonds is 5. The van der Waals surface area contributed by atoms with Crippen molar-refractivity contribution in [3.05, 3.63) is 0 Å². The average molecular weight is 372 g/mol. The summed E-state index contributed by atoms with van der Waals surface area (Å²) < 4.78 is 37.4. The highest BCUT2D eigenvalue weighted by Gasteiger charge is 2.42. The van der Waals surface area contributed by atoms with E-state index in [1.54, 1.807) is 4.90 Å². The van der Waals surface area contributed by atoms with Crippen LogP contribution in [0.2, 0.25) is 0 Å². The summed E-state index contributed by atoms with van der Waals surface area (Å²) in [6.45, 7) is 2.84. The van der Waals surface area contributed by atoms with E-state index in [-0.39, 0.29) is 37.3 Å². The highest BCUT2D eigenvalue weighted by Crippen LogP contribution is 2.26. The standard InChI is InChI=1S/C15H24F3N3O2.ClH/c1-2-7-21(12-3-5-19-6-4-12)14(23)11-8-13(22)20(9-11)10-15(16,17)18;/h11-12,19H,2-10H2,1H3;1H. The van der Waals surface area contributed by atoms with E-state index < -0.39 is 24.5 Å². The molecule has 0 aliphatic carbocycles. The molecule has 0 spiro atoms. The Balaban J connectivity index is 0.00000288. The van der Waals surface area contributed by atoms with Gasteiger partial charge in [0.05, 0.1) is 5.92 Å². The first-order valence-electron chi connectivity index (χ1n) is 8.17. The van der Waals surface area contributed by atoms with Crippen molar-refractivity contribution in [2.75, 3.05) is 32.7 Å². The maximum Gasteiger partial charge on any atom is 0.406 e. The average Bonchev–Trinajstić information content (AvgIpc) is 2.84. The lowest BCUT2D eigenvalue weighted by Gasteiger charge is -2.36. The van der Waals surface area contributed by atoms with Crippen LogP contribution in [0.5, 0.6) is 0 Å². The normalized spacial score (nSPS) is 22.4. The zero-order valence-corrected chi connectivity index (χ0v) is 14.6. The molecule has 0 bridgehead atoms. The minimum atomic E-state index is -4.42. The summed E-state index contributed by atoms with van der Waals surface area (Å²) in [7, 11) is 0. The number of likely N-dealkylation sites (tertiary alicyclic amines) is 1. The first-order valence-corrected chi connectivity index (χ1v) is 8.17. The number of alkyl halides is 3. The Bertz CT molecular complexity index is 442. The molecule has 2 heterocycles. The fraction of sp³-hybridized carbons (Fsp3) is 0.867. The molecule has 2 aliphatic heterocycles. The quantitative estimate of drug-likeness (QED) is 0.802. The monoisotopic (exact) mass is 371 g/mol. The number of hydrogen-bond donors (Lipinski definition) is 1. The Hall–Kier alpha value is -1.02. The molecule has 140 valence electrons. The maximum absolute atomic E-state index is 12.7. The highest BCUT2D eigenvalue weighted by molar-refractivity contribution is 5.89. The number of hydrogen-bond acceptors (Lipinski definition) is 3. The lowest BCUT2D eigenvalue weighted by Crippen LogP contribution is -2.49. The van der Waals surface area contributed by atoms with Gasteiger partial charge in [0.25, 0.3) is 0 Å². The molecule has 0 radical (unpaired) electrons. The fourth-order valence-electron chi connectivity index (χ4n) is 3.37. The summed E-state index contributed by atoms with van der Waals surface area (Å²) in [6.07, 6.45) is -2.05. The van der Waals surface area contributed by atoms with Crippen molar-refractivity contribution in [3.8, 4) is 0 Å². The first-order chi connectivity index (χ1) is 10.8. The molecule has 2 aliphatic rings. The van der Waals surface area contributed by atoms with Gasteiger partial charge in [-0.2, -0.15) is 13.2 Å². The zero-order chi connectivity index (χ0) is 17.0. The van der Waals surface area contributed by atoms with Gasteiger partial charge < -0.3 is 15.1 Å². The molecule has 0 saturated carbocycles. The third-order valence-corrected chi connectivity index (χ3v) is 4.43. The zero-order valence-electron chi connectivity index (χ0n) is 13.8. The SMILES string of the molecule is CCCN(C(=O)C1CC(=O)N(CC(F)(F)F)C1)C1CCNCC1.Cl. The van der Waals surface area contributed by atoms with Crippen molar-refractivity contribution in [1.82, 2.24) is 15.1 Å². The van der Waals surface area contributed by atoms with Gasteiger partial charge in [-0.05, 0) is 32.4 Å². The van der Waals surface area contributed by atoms with E-state index in [1.807, 2.05) is 6.92 Å². The molecule has 0 aromatic rings. The summed E-state index contributed by atoms with van der Waals surface area (Å²) >= 11 is 0. The van der Waals surface area contributed by atoms with Crippen molar-refractivity contribution in [2.24, 2.45) is 5.92 Å². The summed E-state index contributed by atoms with van der Waals surface area (Å²) in [6, 6.07) is 0.121. The number of nitrogens with one attached hydrogen (secondary N) is 1. The van der Waals surface area contributed by atoms with E-state index >= 15 is 0 Å². The second-order valence-electron chi connectivity index (χ2n) is 6.30.